The fraction of sp³-hybridized carbons (Fsp3) is 0.500. The van der Waals surface area contributed by atoms with Crippen molar-refractivity contribution in [3.8, 4) is 0 Å². The summed E-state index contributed by atoms with van der Waals surface area (Å²) in [7, 11) is 1.38. The minimum absolute atomic E-state index is 0.351. The molecule has 1 aromatic rings. The number of ether oxygens (including phenoxy) is 1. The molecule has 1 aromatic heterocycles. The van der Waals surface area contributed by atoms with E-state index < -0.39 is 0 Å². The average Bonchev–Trinajstić information content (AvgIpc) is 2.28. The summed E-state index contributed by atoms with van der Waals surface area (Å²) in [5, 5.41) is 0. The van der Waals surface area contributed by atoms with E-state index in [1.165, 1.54) is 19.1 Å². The molecule has 1 atom stereocenters. The minimum Gasteiger partial charge on any atom is -0.464 e. The van der Waals surface area contributed by atoms with E-state index in [1.54, 1.807) is 6.07 Å². The molecule has 1 aliphatic carbocycles. The van der Waals surface area contributed by atoms with E-state index in [1.807, 2.05) is 6.07 Å². The maximum absolute atomic E-state index is 11.3. The summed E-state index contributed by atoms with van der Waals surface area (Å²) in [6.07, 6.45) is 3.45. The smallest absolute Gasteiger partial charge is 0.356 e. The first-order valence-corrected chi connectivity index (χ1v) is 5.30. The summed E-state index contributed by atoms with van der Waals surface area (Å²) in [4.78, 5) is 15.7. The number of nitrogens with zero attached hydrogens (tertiary/aromatic N) is 1. The van der Waals surface area contributed by atoms with Gasteiger partial charge in [-0.1, -0.05) is 13.0 Å². The van der Waals surface area contributed by atoms with E-state index >= 15 is 0 Å². The molecule has 1 aliphatic rings. The number of fused-ring (bicyclic) bond motifs is 1. The molecule has 15 heavy (non-hydrogen) atoms. The van der Waals surface area contributed by atoms with Crippen molar-refractivity contribution in [2.24, 2.45) is 0 Å². The van der Waals surface area contributed by atoms with Crippen LogP contribution in [0.5, 0.6) is 0 Å². The SMILES string of the molecule is COC(=O)c1ccc2c(n1)C(C)CCC2. The third-order valence-electron chi connectivity index (χ3n) is 2.96. The number of carbonyl (C=O) groups is 1. The van der Waals surface area contributed by atoms with Crippen LogP contribution in [-0.2, 0) is 11.2 Å². The number of hydrogen-bond acceptors (Lipinski definition) is 3. The molecule has 0 aromatic carbocycles. The van der Waals surface area contributed by atoms with Gasteiger partial charge in [-0.15, -0.1) is 0 Å². The van der Waals surface area contributed by atoms with Crippen molar-refractivity contribution in [3.63, 3.8) is 0 Å². The topological polar surface area (TPSA) is 39.2 Å². The Hall–Kier alpha value is -1.38. The minimum atomic E-state index is -0.351. The number of aromatic nitrogens is 1. The highest BCUT2D eigenvalue weighted by Crippen LogP contribution is 2.29. The van der Waals surface area contributed by atoms with Crippen LogP contribution in [0.2, 0.25) is 0 Å². The monoisotopic (exact) mass is 205 g/mol. The van der Waals surface area contributed by atoms with E-state index in [4.69, 9.17) is 0 Å². The number of methoxy groups -OCH3 is 1. The van der Waals surface area contributed by atoms with E-state index in [0.29, 0.717) is 11.6 Å². The van der Waals surface area contributed by atoms with Crippen LogP contribution in [0.15, 0.2) is 12.1 Å². The van der Waals surface area contributed by atoms with Crippen LogP contribution >= 0.6 is 0 Å². The molecule has 2 rings (SSSR count). The van der Waals surface area contributed by atoms with Crippen LogP contribution < -0.4 is 0 Å². The van der Waals surface area contributed by atoms with Gasteiger partial charge in [-0.2, -0.15) is 0 Å². The first-order chi connectivity index (χ1) is 7.22. The predicted molar refractivity (Wildman–Crippen MR) is 56.9 cm³/mol. The number of carbonyl (C=O) groups excluding carboxylic acids is 1. The lowest BCUT2D eigenvalue weighted by molar-refractivity contribution is 0.0593. The van der Waals surface area contributed by atoms with Crippen LogP contribution in [0, 0.1) is 0 Å². The molecule has 1 heterocycles. The number of aryl methyl sites for hydroxylation is 1. The molecule has 1 unspecified atom stereocenters. The molecule has 0 saturated carbocycles. The third kappa shape index (κ3) is 1.87. The van der Waals surface area contributed by atoms with Crippen LogP contribution in [0.3, 0.4) is 0 Å². The zero-order chi connectivity index (χ0) is 10.8. The van der Waals surface area contributed by atoms with Crippen molar-refractivity contribution >= 4 is 5.97 Å². The Bertz CT molecular complexity index is 387. The average molecular weight is 205 g/mol. The van der Waals surface area contributed by atoms with Gasteiger partial charge in [-0.25, -0.2) is 9.78 Å². The summed E-state index contributed by atoms with van der Waals surface area (Å²) in [5.74, 6) is 0.105. The van der Waals surface area contributed by atoms with Crippen LogP contribution in [-0.4, -0.2) is 18.1 Å². The third-order valence-corrected chi connectivity index (χ3v) is 2.96. The van der Waals surface area contributed by atoms with Gasteiger partial charge in [0.15, 0.2) is 0 Å². The first-order valence-electron chi connectivity index (χ1n) is 5.30. The summed E-state index contributed by atoms with van der Waals surface area (Å²) in [6.45, 7) is 2.16. The van der Waals surface area contributed by atoms with Gasteiger partial charge in [-0.3, -0.25) is 0 Å². The van der Waals surface area contributed by atoms with E-state index in [2.05, 4.69) is 16.6 Å². The van der Waals surface area contributed by atoms with Crippen LogP contribution in [0.4, 0.5) is 0 Å². The number of esters is 1. The summed E-state index contributed by atoms with van der Waals surface area (Å²) < 4.78 is 4.66. The largest absolute Gasteiger partial charge is 0.464 e. The lowest BCUT2D eigenvalue weighted by Gasteiger charge is -2.21. The summed E-state index contributed by atoms with van der Waals surface area (Å²) in [5.41, 5.74) is 2.77. The van der Waals surface area contributed by atoms with Crippen molar-refractivity contribution < 1.29 is 9.53 Å². The lowest BCUT2D eigenvalue weighted by atomic mass is 9.88. The fourth-order valence-corrected chi connectivity index (χ4v) is 2.10. The maximum atomic E-state index is 11.3. The normalized spacial score (nSPS) is 19.5. The van der Waals surface area contributed by atoms with Crippen molar-refractivity contribution in [2.75, 3.05) is 7.11 Å². The second kappa shape index (κ2) is 4.01. The van der Waals surface area contributed by atoms with Crippen molar-refractivity contribution in [2.45, 2.75) is 32.1 Å². The highest BCUT2D eigenvalue weighted by atomic mass is 16.5. The molecule has 0 bridgehead atoms. The molecular weight excluding hydrogens is 190 g/mol. The van der Waals surface area contributed by atoms with Gasteiger partial charge in [0.05, 0.1) is 7.11 Å². The molecule has 0 amide bonds. The zero-order valence-electron chi connectivity index (χ0n) is 9.12. The van der Waals surface area contributed by atoms with Crippen molar-refractivity contribution in [1.29, 1.82) is 0 Å². The quantitative estimate of drug-likeness (QED) is 0.660. The van der Waals surface area contributed by atoms with E-state index in [-0.39, 0.29) is 5.97 Å². The Morgan fingerprint density at radius 2 is 2.33 bits per heavy atom. The molecule has 0 aliphatic heterocycles. The predicted octanol–water partition coefficient (Wildman–Crippen LogP) is 2.31. The Morgan fingerprint density at radius 3 is 3.07 bits per heavy atom. The number of pyridine rings is 1. The molecule has 0 saturated heterocycles. The Balaban J connectivity index is 2.39. The molecule has 0 spiro atoms. The van der Waals surface area contributed by atoms with Crippen LogP contribution in [0.1, 0.15) is 47.4 Å². The standard InChI is InChI=1S/C12H15NO2/c1-8-4-3-5-9-6-7-10(12(14)15-2)13-11(8)9/h6-8H,3-5H2,1-2H3. The lowest BCUT2D eigenvalue weighted by Crippen LogP contribution is -2.13. The highest BCUT2D eigenvalue weighted by Gasteiger charge is 2.19. The maximum Gasteiger partial charge on any atom is 0.356 e. The Kier molecular flexibility index (Phi) is 2.71. The van der Waals surface area contributed by atoms with Gasteiger partial charge < -0.3 is 4.74 Å². The summed E-state index contributed by atoms with van der Waals surface area (Å²) in [6, 6.07) is 3.76. The van der Waals surface area contributed by atoms with Gasteiger partial charge in [0.25, 0.3) is 0 Å². The van der Waals surface area contributed by atoms with E-state index in [0.717, 1.165) is 18.5 Å². The van der Waals surface area contributed by atoms with Gasteiger partial charge in [-0.05, 0) is 36.8 Å². The van der Waals surface area contributed by atoms with Gasteiger partial charge in [0.1, 0.15) is 5.69 Å². The molecule has 0 fully saturated rings. The molecule has 0 radical (unpaired) electrons. The zero-order valence-corrected chi connectivity index (χ0v) is 9.12. The van der Waals surface area contributed by atoms with Gasteiger partial charge in [0, 0.05) is 5.69 Å². The molecule has 0 N–H and O–H groups in total. The van der Waals surface area contributed by atoms with Crippen molar-refractivity contribution in [3.05, 3.63) is 29.1 Å². The summed E-state index contributed by atoms with van der Waals surface area (Å²) >= 11 is 0. The Labute approximate surface area is 89.5 Å². The van der Waals surface area contributed by atoms with Crippen molar-refractivity contribution in [1.82, 2.24) is 4.98 Å². The Morgan fingerprint density at radius 1 is 1.53 bits per heavy atom. The van der Waals surface area contributed by atoms with Gasteiger partial charge >= 0.3 is 5.97 Å². The van der Waals surface area contributed by atoms with E-state index in [9.17, 15) is 4.79 Å². The molecule has 3 nitrogen and oxygen atoms in total. The van der Waals surface area contributed by atoms with Crippen LogP contribution in [0.25, 0.3) is 0 Å². The number of rotatable bonds is 1. The molecule has 3 heteroatoms. The second-order valence-corrected chi connectivity index (χ2v) is 4.03. The second-order valence-electron chi connectivity index (χ2n) is 4.03. The molecular formula is C12H15NO2. The fourth-order valence-electron chi connectivity index (χ4n) is 2.10. The first kappa shape index (κ1) is 10.1. The molecule has 80 valence electrons. The van der Waals surface area contributed by atoms with Gasteiger partial charge in [0.2, 0.25) is 0 Å². The highest BCUT2D eigenvalue weighted by molar-refractivity contribution is 5.87. The number of hydrogen-bond donors (Lipinski definition) is 0.